The van der Waals surface area contributed by atoms with E-state index in [2.05, 4.69) is 17.4 Å². The third-order valence-corrected chi connectivity index (χ3v) is 7.37. The van der Waals surface area contributed by atoms with Crippen LogP contribution in [0.15, 0.2) is 24.3 Å². The molecule has 29 heavy (non-hydrogen) atoms. The van der Waals surface area contributed by atoms with Crippen LogP contribution in [0.2, 0.25) is 0 Å². The summed E-state index contributed by atoms with van der Waals surface area (Å²) in [6.45, 7) is 3.45. The fourth-order valence-electron chi connectivity index (χ4n) is 5.76. The Morgan fingerprint density at radius 3 is 2.48 bits per heavy atom. The number of likely N-dealkylation sites (tertiary alicyclic amines) is 1. The molecule has 3 aliphatic rings. The zero-order valence-electron chi connectivity index (χ0n) is 17.8. The van der Waals surface area contributed by atoms with Gasteiger partial charge in [-0.05, 0) is 68.1 Å². The second kappa shape index (κ2) is 8.00. The van der Waals surface area contributed by atoms with Gasteiger partial charge in [-0.25, -0.2) is 0 Å². The van der Waals surface area contributed by atoms with Crippen molar-refractivity contribution in [3.8, 4) is 5.75 Å². The van der Waals surface area contributed by atoms with E-state index in [1.54, 1.807) is 7.11 Å². The highest BCUT2D eigenvalue weighted by molar-refractivity contribution is 5.90. The Kier molecular flexibility index (Phi) is 5.58. The van der Waals surface area contributed by atoms with Crippen LogP contribution in [0.5, 0.6) is 5.75 Å². The second-order valence-electron chi connectivity index (χ2n) is 9.43. The molecule has 5 nitrogen and oxygen atoms in total. The van der Waals surface area contributed by atoms with Crippen molar-refractivity contribution >= 4 is 11.8 Å². The maximum Gasteiger partial charge on any atom is 0.233 e. The number of benzene rings is 1. The van der Waals surface area contributed by atoms with Crippen LogP contribution in [0.1, 0.15) is 70.3 Å². The number of ether oxygens (including phenoxy) is 1. The van der Waals surface area contributed by atoms with E-state index < -0.39 is 5.41 Å². The first-order valence-electron chi connectivity index (χ1n) is 11.2. The Labute approximate surface area is 174 Å². The predicted octanol–water partition coefficient (Wildman–Crippen LogP) is 3.80. The Morgan fingerprint density at radius 2 is 1.90 bits per heavy atom. The van der Waals surface area contributed by atoms with Crippen molar-refractivity contribution in [3.05, 3.63) is 29.8 Å². The number of nitrogens with one attached hydrogen (secondary N) is 1. The van der Waals surface area contributed by atoms with Crippen LogP contribution in [0.25, 0.3) is 0 Å². The minimum absolute atomic E-state index is 0.0809. The van der Waals surface area contributed by atoms with Gasteiger partial charge in [-0.15, -0.1) is 0 Å². The van der Waals surface area contributed by atoms with Gasteiger partial charge >= 0.3 is 0 Å². The number of piperidine rings is 1. The van der Waals surface area contributed by atoms with E-state index in [1.165, 1.54) is 19.3 Å². The van der Waals surface area contributed by atoms with E-state index in [0.717, 1.165) is 50.0 Å². The molecule has 158 valence electrons. The first-order chi connectivity index (χ1) is 14.0. The molecular formula is C24H34N2O3. The zero-order valence-corrected chi connectivity index (χ0v) is 17.8. The van der Waals surface area contributed by atoms with E-state index >= 15 is 0 Å². The maximum atomic E-state index is 13.8. The summed E-state index contributed by atoms with van der Waals surface area (Å²) in [6.07, 6.45) is 9.06. The van der Waals surface area contributed by atoms with Gasteiger partial charge in [-0.2, -0.15) is 0 Å². The van der Waals surface area contributed by atoms with Gasteiger partial charge in [0.2, 0.25) is 11.8 Å². The van der Waals surface area contributed by atoms with Crippen molar-refractivity contribution in [2.75, 3.05) is 20.2 Å². The molecule has 2 aliphatic carbocycles. The molecule has 0 radical (unpaired) electrons. The lowest BCUT2D eigenvalue weighted by Crippen LogP contribution is -2.63. The van der Waals surface area contributed by atoms with Crippen molar-refractivity contribution in [2.24, 2.45) is 5.41 Å². The number of carbonyl (C=O) groups is 2. The summed E-state index contributed by atoms with van der Waals surface area (Å²) in [4.78, 5) is 27.9. The number of carbonyl (C=O) groups excluding carboxylic acids is 2. The molecule has 1 heterocycles. The molecule has 4 rings (SSSR count). The Hall–Kier alpha value is -2.04. The largest absolute Gasteiger partial charge is 0.497 e. The lowest BCUT2D eigenvalue weighted by Gasteiger charge is -2.61. The summed E-state index contributed by atoms with van der Waals surface area (Å²) in [7, 11) is 1.67. The number of amides is 2. The molecule has 1 unspecified atom stereocenters. The Bertz CT molecular complexity index is 746. The smallest absolute Gasteiger partial charge is 0.233 e. The van der Waals surface area contributed by atoms with Crippen LogP contribution in [-0.4, -0.2) is 43.0 Å². The molecule has 1 N–H and O–H groups in total. The number of hydrogen-bond donors (Lipinski definition) is 1. The summed E-state index contributed by atoms with van der Waals surface area (Å²) in [5.74, 6) is 1.19. The number of hydrogen-bond acceptors (Lipinski definition) is 3. The fraction of sp³-hybridized carbons (Fsp3) is 0.667. The number of rotatable bonds is 6. The highest BCUT2D eigenvalue weighted by atomic mass is 16.5. The van der Waals surface area contributed by atoms with E-state index in [1.807, 2.05) is 24.0 Å². The average Bonchev–Trinajstić information content (AvgIpc) is 2.67. The molecule has 2 saturated carbocycles. The molecule has 2 amide bonds. The van der Waals surface area contributed by atoms with Gasteiger partial charge in [0.15, 0.2) is 0 Å². The van der Waals surface area contributed by atoms with Crippen molar-refractivity contribution in [1.82, 2.24) is 10.2 Å². The van der Waals surface area contributed by atoms with E-state index in [9.17, 15) is 9.59 Å². The normalized spacial score (nSPS) is 24.3. The van der Waals surface area contributed by atoms with E-state index in [-0.39, 0.29) is 17.9 Å². The van der Waals surface area contributed by atoms with Gasteiger partial charge in [-0.1, -0.05) is 25.5 Å². The molecule has 1 aromatic rings. The molecular weight excluding hydrogens is 364 g/mol. The van der Waals surface area contributed by atoms with Crippen molar-refractivity contribution in [2.45, 2.75) is 76.2 Å². The van der Waals surface area contributed by atoms with E-state index in [4.69, 9.17) is 4.74 Å². The Morgan fingerprint density at radius 1 is 1.17 bits per heavy atom. The van der Waals surface area contributed by atoms with Gasteiger partial charge in [0.1, 0.15) is 5.75 Å². The molecule has 1 aromatic carbocycles. The van der Waals surface area contributed by atoms with Gasteiger partial charge in [0, 0.05) is 25.6 Å². The standard InChI is InChI=1S/C24H34N2O3/c1-3-6-21(27)25-19-7-4-14-26(15-19)22(28)24(16-23(17-24)12-5-13-23)18-8-10-20(29-2)11-9-18/h8-11,19H,3-7,12-17H2,1-2H3,(H,25,27). The van der Waals surface area contributed by atoms with Gasteiger partial charge in [-0.3, -0.25) is 9.59 Å². The van der Waals surface area contributed by atoms with Crippen LogP contribution < -0.4 is 10.1 Å². The SMILES string of the molecule is CCCC(=O)NC1CCCN(C(=O)C2(c3ccc(OC)cc3)CC3(CCC3)C2)C1. The third-order valence-electron chi connectivity index (χ3n) is 7.37. The maximum absolute atomic E-state index is 13.8. The molecule has 1 atom stereocenters. The number of methoxy groups -OCH3 is 1. The minimum atomic E-state index is -0.401. The minimum Gasteiger partial charge on any atom is -0.497 e. The summed E-state index contributed by atoms with van der Waals surface area (Å²) in [5, 5.41) is 3.14. The topological polar surface area (TPSA) is 58.6 Å². The summed E-state index contributed by atoms with van der Waals surface area (Å²) >= 11 is 0. The third kappa shape index (κ3) is 3.76. The molecule has 1 spiro atoms. The molecule has 1 saturated heterocycles. The number of nitrogens with zero attached hydrogens (tertiary/aromatic N) is 1. The van der Waals surface area contributed by atoms with Crippen LogP contribution in [0.4, 0.5) is 0 Å². The fourth-order valence-corrected chi connectivity index (χ4v) is 5.76. The molecule has 5 heteroatoms. The first-order valence-corrected chi connectivity index (χ1v) is 11.2. The van der Waals surface area contributed by atoms with Crippen LogP contribution in [-0.2, 0) is 15.0 Å². The van der Waals surface area contributed by atoms with Gasteiger partial charge in [0.25, 0.3) is 0 Å². The average molecular weight is 399 g/mol. The quantitative estimate of drug-likeness (QED) is 0.793. The predicted molar refractivity (Wildman–Crippen MR) is 113 cm³/mol. The van der Waals surface area contributed by atoms with Crippen molar-refractivity contribution in [3.63, 3.8) is 0 Å². The second-order valence-corrected chi connectivity index (χ2v) is 9.43. The summed E-state index contributed by atoms with van der Waals surface area (Å²) < 4.78 is 5.32. The van der Waals surface area contributed by atoms with Gasteiger partial charge < -0.3 is 15.0 Å². The van der Waals surface area contributed by atoms with Crippen molar-refractivity contribution < 1.29 is 14.3 Å². The molecule has 1 aliphatic heterocycles. The first kappa shape index (κ1) is 20.2. The highest BCUT2D eigenvalue weighted by Crippen LogP contribution is 2.65. The van der Waals surface area contributed by atoms with Crippen LogP contribution >= 0.6 is 0 Å². The zero-order chi connectivity index (χ0) is 20.5. The van der Waals surface area contributed by atoms with Crippen LogP contribution in [0, 0.1) is 5.41 Å². The van der Waals surface area contributed by atoms with Crippen LogP contribution in [0.3, 0.4) is 0 Å². The lowest BCUT2D eigenvalue weighted by atomic mass is 9.43. The molecule has 3 fully saturated rings. The van der Waals surface area contributed by atoms with E-state index in [0.29, 0.717) is 18.4 Å². The summed E-state index contributed by atoms with van der Waals surface area (Å²) in [6, 6.07) is 8.18. The summed E-state index contributed by atoms with van der Waals surface area (Å²) in [5.41, 5.74) is 1.11. The molecule has 0 aromatic heterocycles. The van der Waals surface area contributed by atoms with Crippen molar-refractivity contribution in [1.29, 1.82) is 0 Å². The Balaban J connectivity index is 1.51. The highest BCUT2D eigenvalue weighted by Gasteiger charge is 2.62. The van der Waals surface area contributed by atoms with Gasteiger partial charge in [0.05, 0.1) is 12.5 Å². The molecule has 0 bridgehead atoms. The lowest BCUT2D eigenvalue weighted by molar-refractivity contribution is -0.155. The monoisotopic (exact) mass is 398 g/mol.